The van der Waals surface area contributed by atoms with Crippen molar-refractivity contribution in [2.45, 2.75) is 18.9 Å². The topological polar surface area (TPSA) is 110 Å². The van der Waals surface area contributed by atoms with Gasteiger partial charge >= 0.3 is 5.97 Å². The minimum absolute atomic E-state index is 0.0218. The molecule has 1 amide bonds. The molecule has 0 radical (unpaired) electrons. The van der Waals surface area contributed by atoms with Crippen LogP contribution in [0.5, 0.6) is 11.5 Å². The first-order valence-electron chi connectivity index (χ1n) is 10.7. The summed E-state index contributed by atoms with van der Waals surface area (Å²) in [4.78, 5) is 29.1. The van der Waals surface area contributed by atoms with Gasteiger partial charge in [-0.15, -0.1) is 0 Å². The van der Waals surface area contributed by atoms with Crippen LogP contribution in [0.2, 0.25) is 10.0 Å². The van der Waals surface area contributed by atoms with E-state index in [4.69, 9.17) is 32.7 Å². The highest BCUT2D eigenvalue weighted by atomic mass is 35.5. The number of nitrogens with zero attached hydrogens (tertiary/aromatic N) is 1. The van der Waals surface area contributed by atoms with Crippen molar-refractivity contribution in [3.05, 3.63) is 81.5 Å². The summed E-state index contributed by atoms with van der Waals surface area (Å²) in [6.07, 6.45) is 0.697. The van der Waals surface area contributed by atoms with Gasteiger partial charge in [0.15, 0.2) is 5.75 Å². The summed E-state index contributed by atoms with van der Waals surface area (Å²) < 4.78 is 11.0. The lowest BCUT2D eigenvalue weighted by Crippen LogP contribution is -2.42. The molecule has 0 aliphatic carbocycles. The Morgan fingerprint density at radius 3 is 2.43 bits per heavy atom. The molecule has 1 atom stereocenters. The second-order valence-corrected chi connectivity index (χ2v) is 8.33. The molecule has 35 heavy (non-hydrogen) atoms. The molecule has 3 rings (SSSR count). The number of methoxy groups -OCH3 is 1. The molecule has 10 heteroatoms. The number of carbonyl (C=O) groups is 2. The van der Waals surface area contributed by atoms with E-state index in [-0.39, 0.29) is 27.8 Å². The number of halogens is 2. The van der Waals surface area contributed by atoms with E-state index in [9.17, 15) is 14.7 Å². The van der Waals surface area contributed by atoms with E-state index in [0.717, 1.165) is 11.5 Å². The standard InChI is InChI=1S/C25H25Cl2N3O5/c1-28-21-5-3-4-16(29-21)12-13-35-17-8-6-15(7-9-17)14-20(25(32)33)30-24(31)22-18(26)10-11-19(27)23(22)34-2/h3-11,20H,12-14H2,1-2H3,(H,28,29)(H,30,31)(H,32,33)/t20-/m0/s1. The van der Waals surface area contributed by atoms with Crippen molar-refractivity contribution in [3.63, 3.8) is 0 Å². The van der Waals surface area contributed by atoms with Gasteiger partial charge in [0.25, 0.3) is 5.91 Å². The molecule has 0 spiro atoms. The summed E-state index contributed by atoms with van der Waals surface area (Å²) in [6.45, 7) is 0.440. The van der Waals surface area contributed by atoms with Crippen molar-refractivity contribution in [1.29, 1.82) is 0 Å². The zero-order valence-corrected chi connectivity index (χ0v) is 20.7. The third-order valence-corrected chi connectivity index (χ3v) is 5.76. The van der Waals surface area contributed by atoms with Crippen LogP contribution in [0.3, 0.4) is 0 Å². The van der Waals surface area contributed by atoms with Gasteiger partial charge in [-0.05, 0) is 42.0 Å². The molecule has 2 aromatic carbocycles. The van der Waals surface area contributed by atoms with E-state index in [1.807, 2.05) is 25.2 Å². The van der Waals surface area contributed by atoms with Crippen molar-refractivity contribution in [2.75, 3.05) is 26.1 Å². The average molecular weight is 518 g/mol. The number of ether oxygens (including phenoxy) is 2. The maximum atomic E-state index is 12.8. The summed E-state index contributed by atoms with van der Waals surface area (Å²) in [6, 6.07) is 14.5. The van der Waals surface area contributed by atoms with Crippen LogP contribution in [0.15, 0.2) is 54.6 Å². The SMILES string of the molecule is CNc1cccc(CCOc2ccc(C[C@H](NC(=O)c3c(Cl)ccc(Cl)c3OC)C(=O)O)cc2)n1. The Hall–Kier alpha value is -3.49. The third-order valence-electron chi connectivity index (χ3n) is 5.15. The number of pyridine rings is 1. The number of carbonyl (C=O) groups excluding carboxylic acids is 1. The fourth-order valence-corrected chi connectivity index (χ4v) is 3.83. The maximum absolute atomic E-state index is 12.8. The van der Waals surface area contributed by atoms with E-state index in [0.29, 0.717) is 24.3 Å². The zero-order chi connectivity index (χ0) is 25.4. The Bertz CT molecular complexity index is 1190. The summed E-state index contributed by atoms with van der Waals surface area (Å²) in [5.74, 6) is -0.368. The van der Waals surface area contributed by atoms with Gasteiger partial charge in [-0.1, -0.05) is 41.4 Å². The third kappa shape index (κ3) is 7.00. The molecule has 3 N–H and O–H groups in total. The highest BCUT2D eigenvalue weighted by molar-refractivity contribution is 6.37. The summed E-state index contributed by atoms with van der Waals surface area (Å²) >= 11 is 12.2. The van der Waals surface area contributed by atoms with E-state index in [2.05, 4.69) is 15.6 Å². The highest BCUT2D eigenvalue weighted by Crippen LogP contribution is 2.33. The number of amides is 1. The maximum Gasteiger partial charge on any atom is 0.326 e. The molecule has 0 saturated heterocycles. The lowest BCUT2D eigenvalue weighted by atomic mass is 10.0. The van der Waals surface area contributed by atoms with Crippen LogP contribution in [0.4, 0.5) is 5.82 Å². The molecule has 0 unspecified atom stereocenters. The Morgan fingerprint density at radius 1 is 1.06 bits per heavy atom. The Balaban J connectivity index is 1.61. The Labute approximate surface area is 213 Å². The molecular weight excluding hydrogens is 493 g/mol. The number of rotatable bonds is 11. The van der Waals surface area contributed by atoms with Crippen molar-refractivity contribution < 1.29 is 24.2 Å². The normalized spacial score (nSPS) is 11.4. The molecule has 0 fully saturated rings. The molecular formula is C25H25Cl2N3O5. The molecule has 0 bridgehead atoms. The molecule has 3 aromatic rings. The fraction of sp³-hybridized carbons (Fsp3) is 0.240. The quantitative estimate of drug-likeness (QED) is 0.343. The molecule has 1 aromatic heterocycles. The molecule has 8 nitrogen and oxygen atoms in total. The lowest BCUT2D eigenvalue weighted by molar-refractivity contribution is -0.139. The van der Waals surface area contributed by atoms with Gasteiger partial charge < -0.3 is 25.2 Å². The smallest absolute Gasteiger partial charge is 0.326 e. The molecule has 184 valence electrons. The molecule has 1 heterocycles. The van der Waals surface area contributed by atoms with E-state index in [1.165, 1.54) is 19.2 Å². The Morgan fingerprint density at radius 2 is 1.77 bits per heavy atom. The number of aliphatic carboxylic acids is 1. The van der Waals surface area contributed by atoms with E-state index >= 15 is 0 Å². The van der Waals surface area contributed by atoms with Crippen molar-refractivity contribution >= 4 is 40.9 Å². The van der Waals surface area contributed by atoms with Gasteiger partial charge in [0.1, 0.15) is 23.2 Å². The molecule has 0 saturated carbocycles. The van der Waals surface area contributed by atoms with Gasteiger partial charge in [-0.2, -0.15) is 0 Å². The van der Waals surface area contributed by atoms with Gasteiger partial charge in [0.2, 0.25) is 0 Å². The van der Waals surface area contributed by atoms with Crippen molar-refractivity contribution in [1.82, 2.24) is 10.3 Å². The Kier molecular flexibility index (Phi) is 9.17. The monoisotopic (exact) mass is 517 g/mol. The molecule has 0 aliphatic rings. The number of anilines is 1. The number of nitrogens with one attached hydrogen (secondary N) is 2. The predicted molar refractivity (Wildman–Crippen MR) is 135 cm³/mol. The zero-order valence-electron chi connectivity index (χ0n) is 19.2. The van der Waals surface area contributed by atoms with Crippen LogP contribution >= 0.6 is 23.2 Å². The summed E-state index contributed by atoms with van der Waals surface area (Å²) in [7, 11) is 3.16. The first kappa shape index (κ1) is 26.1. The minimum Gasteiger partial charge on any atom is -0.494 e. The van der Waals surface area contributed by atoms with Crippen LogP contribution in [-0.2, 0) is 17.6 Å². The van der Waals surface area contributed by atoms with Gasteiger partial charge in [-0.3, -0.25) is 4.79 Å². The second kappa shape index (κ2) is 12.3. The number of aromatic nitrogens is 1. The highest BCUT2D eigenvalue weighted by Gasteiger charge is 2.25. The predicted octanol–water partition coefficient (Wildman–Crippen LogP) is 4.49. The summed E-state index contributed by atoms with van der Waals surface area (Å²) in [5.41, 5.74) is 1.59. The van der Waals surface area contributed by atoms with Gasteiger partial charge in [0.05, 0.1) is 23.8 Å². The van der Waals surface area contributed by atoms with Crippen LogP contribution in [0.25, 0.3) is 0 Å². The fourth-order valence-electron chi connectivity index (χ4n) is 3.36. The number of benzene rings is 2. The van der Waals surface area contributed by atoms with Crippen LogP contribution in [0, 0.1) is 0 Å². The summed E-state index contributed by atoms with van der Waals surface area (Å²) in [5, 5.41) is 15.4. The van der Waals surface area contributed by atoms with Crippen LogP contribution in [-0.4, -0.2) is 48.8 Å². The van der Waals surface area contributed by atoms with Crippen molar-refractivity contribution in [3.8, 4) is 11.5 Å². The van der Waals surface area contributed by atoms with Gasteiger partial charge in [0, 0.05) is 25.6 Å². The van der Waals surface area contributed by atoms with Crippen molar-refractivity contribution in [2.24, 2.45) is 0 Å². The number of hydrogen-bond acceptors (Lipinski definition) is 6. The second-order valence-electron chi connectivity index (χ2n) is 7.51. The largest absolute Gasteiger partial charge is 0.494 e. The lowest BCUT2D eigenvalue weighted by Gasteiger charge is -2.17. The number of carboxylic acid groups (broad SMARTS) is 1. The number of hydrogen-bond donors (Lipinski definition) is 3. The molecule has 0 aliphatic heterocycles. The van der Waals surface area contributed by atoms with E-state index < -0.39 is 17.9 Å². The van der Waals surface area contributed by atoms with Gasteiger partial charge in [-0.25, -0.2) is 9.78 Å². The average Bonchev–Trinajstić information content (AvgIpc) is 2.85. The minimum atomic E-state index is -1.19. The first-order chi connectivity index (χ1) is 16.8. The number of carboxylic acids is 1. The van der Waals surface area contributed by atoms with Crippen LogP contribution in [0.1, 0.15) is 21.6 Å². The first-order valence-corrected chi connectivity index (χ1v) is 11.5. The van der Waals surface area contributed by atoms with E-state index in [1.54, 1.807) is 24.3 Å². The van der Waals surface area contributed by atoms with Crippen LogP contribution < -0.4 is 20.1 Å².